The summed E-state index contributed by atoms with van der Waals surface area (Å²) in [6, 6.07) is 15.7. The lowest BCUT2D eigenvalue weighted by Crippen LogP contribution is -2.28. The van der Waals surface area contributed by atoms with Crippen molar-refractivity contribution in [1.82, 2.24) is 4.90 Å². The van der Waals surface area contributed by atoms with Gasteiger partial charge >= 0.3 is 0 Å². The second kappa shape index (κ2) is 9.23. The number of thioether (sulfide) groups is 1. The third-order valence-corrected chi connectivity index (χ3v) is 4.67. The number of carbonyl (C=O) groups is 1. The molecular weight excluding hydrogens is 322 g/mol. The molecule has 0 aliphatic rings. The van der Waals surface area contributed by atoms with Crippen LogP contribution in [0.25, 0.3) is 0 Å². The Morgan fingerprint density at radius 2 is 1.75 bits per heavy atom. The Kier molecular flexibility index (Phi) is 7.00. The van der Waals surface area contributed by atoms with Crippen molar-refractivity contribution < 1.29 is 14.3 Å². The second-order valence-electron chi connectivity index (χ2n) is 5.40. The summed E-state index contributed by atoms with van der Waals surface area (Å²) in [4.78, 5) is 14.0. The normalized spacial score (nSPS) is 10.3. The standard InChI is InChI=1S/C19H23NO3S/c1-20(12-16-6-4-5-7-18(16)23-3)19(21)14-24-13-15-8-10-17(22-2)11-9-15/h4-11H,12-14H2,1-3H3. The summed E-state index contributed by atoms with van der Waals surface area (Å²) in [5, 5.41) is 0. The van der Waals surface area contributed by atoms with Crippen molar-refractivity contribution in [3.8, 4) is 11.5 Å². The van der Waals surface area contributed by atoms with Crippen molar-refractivity contribution in [1.29, 1.82) is 0 Å². The number of methoxy groups -OCH3 is 2. The molecule has 2 aromatic carbocycles. The Morgan fingerprint density at radius 3 is 2.42 bits per heavy atom. The van der Waals surface area contributed by atoms with Gasteiger partial charge in [0, 0.05) is 24.9 Å². The maximum absolute atomic E-state index is 12.3. The molecule has 0 unspecified atom stereocenters. The topological polar surface area (TPSA) is 38.8 Å². The number of hydrogen-bond acceptors (Lipinski definition) is 4. The van der Waals surface area contributed by atoms with Crippen molar-refractivity contribution in [2.45, 2.75) is 12.3 Å². The number of hydrogen-bond donors (Lipinski definition) is 0. The molecule has 0 aromatic heterocycles. The highest BCUT2D eigenvalue weighted by Crippen LogP contribution is 2.20. The van der Waals surface area contributed by atoms with Crippen molar-refractivity contribution >= 4 is 17.7 Å². The fourth-order valence-electron chi connectivity index (χ4n) is 2.27. The Balaban J connectivity index is 1.80. The molecule has 0 N–H and O–H groups in total. The number of benzene rings is 2. The zero-order chi connectivity index (χ0) is 17.4. The van der Waals surface area contributed by atoms with Gasteiger partial charge in [0.2, 0.25) is 5.91 Å². The maximum Gasteiger partial charge on any atom is 0.232 e. The SMILES string of the molecule is COc1ccc(CSCC(=O)N(C)Cc2ccccc2OC)cc1. The van der Waals surface area contributed by atoms with E-state index < -0.39 is 0 Å². The van der Waals surface area contributed by atoms with Gasteiger partial charge in [-0.15, -0.1) is 11.8 Å². The minimum absolute atomic E-state index is 0.111. The van der Waals surface area contributed by atoms with E-state index in [1.807, 2.05) is 55.6 Å². The molecule has 0 spiro atoms. The van der Waals surface area contributed by atoms with Crippen LogP contribution >= 0.6 is 11.8 Å². The Hall–Kier alpha value is -2.14. The van der Waals surface area contributed by atoms with Crippen LogP contribution in [0.3, 0.4) is 0 Å². The average molecular weight is 345 g/mol. The quantitative estimate of drug-likeness (QED) is 0.733. The monoisotopic (exact) mass is 345 g/mol. The molecule has 0 aliphatic carbocycles. The van der Waals surface area contributed by atoms with Crippen LogP contribution in [0.2, 0.25) is 0 Å². The van der Waals surface area contributed by atoms with E-state index in [1.54, 1.807) is 30.9 Å². The minimum Gasteiger partial charge on any atom is -0.497 e. The third kappa shape index (κ3) is 5.20. The van der Waals surface area contributed by atoms with Gasteiger partial charge in [-0.25, -0.2) is 0 Å². The molecule has 4 nitrogen and oxygen atoms in total. The van der Waals surface area contributed by atoms with Gasteiger partial charge in [0.05, 0.1) is 20.0 Å². The molecule has 0 fully saturated rings. The molecule has 0 saturated carbocycles. The van der Waals surface area contributed by atoms with Gasteiger partial charge in [-0.05, 0) is 23.8 Å². The van der Waals surface area contributed by atoms with E-state index in [2.05, 4.69) is 0 Å². The van der Waals surface area contributed by atoms with E-state index >= 15 is 0 Å². The van der Waals surface area contributed by atoms with Gasteiger partial charge in [-0.2, -0.15) is 0 Å². The zero-order valence-corrected chi connectivity index (χ0v) is 15.1. The van der Waals surface area contributed by atoms with Gasteiger partial charge in [-0.3, -0.25) is 4.79 Å². The highest BCUT2D eigenvalue weighted by molar-refractivity contribution is 7.99. The van der Waals surface area contributed by atoms with Crippen molar-refractivity contribution in [3.63, 3.8) is 0 Å². The van der Waals surface area contributed by atoms with Crippen LogP contribution in [-0.4, -0.2) is 37.8 Å². The van der Waals surface area contributed by atoms with E-state index in [-0.39, 0.29) is 5.91 Å². The summed E-state index contributed by atoms with van der Waals surface area (Å²) < 4.78 is 10.5. The molecule has 128 valence electrons. The van der Waals surface area contributed by atoms with E-state index in [9.17, 15) is 4.79 Å². The molecule has 0 heterocycles. The van der Waals surface area contributed by atoms with E-state index in [0.717, 1.165) is 22.8 Å². The van der Waals surface area contributed by atoms with Gasteiger partial charge < -0.3 is 14.4 Å². The highest BCUT2D eigenvalue weighted by atomic mass is 32.2. The molecule has 0 radical (unpaired) electrons. The zero-order valence-electron chi connectivity index (χ0n) is 14.3. The molecule has 24 heavy (non-hydrogen) atoms. The first-order valence-electron chi connectivity index (χ1n) is 7.70. The van der Waals surface area contributed by atoms with E-state index in [0.29, 0.717) is 12.3 Å². The first kappa shape index (κ1) is 18.2. The molecule has 2 aromatic rings. The molecule has 5 heteroatoms. The largest absolute Gasteiger partial charge is 0.497 e. The van der Waals surface area contributed by atoms with Crippen LogP contribution in [0.5, 0.6) is 11.5 Å². The molecule has 0 atom stereocenters. The third-order valence-electron chi connectivity index (χ3n) is 3.68. The minimum atomic E-state index is 0.111. The second-order valence-corrected chi connectivity index (χ2v) is 6.39. The Morgan fingerprint density at radius 1 is 1.04 bits per heavy atom. The summed E-state index contributed by atoms with van der Waals surface area (Å²) in [6.07, 6.45) is 0. The molecule has 1 amide bonds. The summed E-state index contributed by atoms with van der Waals surface area (Å²) in [5.74, 6) is 3.02. The fraction of sp³-hybridized carbons (Fsp3) is 0.316. The number of carbonyl (C=O) groups excluding carboxylic acids is 1. The summed E-state index contributed by atoms with van der Waals surface area (Å²) in [5.41, 5.74) is 2.19. The summed E-state index contributed by atoms with van der Waals surface area (Å²) >= 11 is 1.61. The first-order chi connectivity index (χ1) is 11.6. The van der Waals surface area contributed by atoms with Crippen molar-refractivity contribution in [3.05, 3.63) is 59.7 Å². The predicted octanol–water partition coefficient (Wildman–Crippen LogP) is 3.60. The van der Waals surface area contributed by atoms with E-state index in [1.165, 1.54) is 5.56 Å². The molecule has 0 bridgehead atoms. The average Bonchev–Trinajstić information content (AvgIpc) is 2.62. The van der Waals surface area contributed by atoms with Gasteiger partial charge in [0.1, 0.15) is 11.5 Å². The lowest BCUT2D eigenvalue weighted by Gasteiger charge is -2.18. The van der Waals surface area contributed by atoms with E-state index in [4.69, 9.17) is 9.47 Å². The number of ether oxygens (including phenoxy) is 2. The lowest BCUT2D eigenvalue weighted by molar-refractivity contribution is -0.127. The van der Waals surface area contributed by atoms with Crippen LogP contribution < -0.4 is 9.47 Å². The molecular formula is C19H23NO3S. The van der Waals surface area contributed by atoms with Gasteiger partial charge in [-0.1, -0.05) is 30.3 Å². The molecule has 0 aliphatic heterocycles. The van der Waals surface area contributed by atoms with Crippen molar-refractivity contribution in [2.75, 3.05) is 27.0 Å². The Bertz CT molecular complexity index is 658. The van der Waals surface area contributed by atoms with Gasteiger partial charge in [0.15, 0.2) is 0 Å². The van der Waals surface area contributed by atoms with Gasteiger partial charge in [0.25, 0.3) is 0 Å². The number of nitrogens with zero attached hydrogens (tertiary/aromatic N) is 1. The fourth-order valence-corrected chi connectivity index (χ4v) is 3.19. The van der Waals surface area contributed by atoms with Crippen LogP contribution in [-0.2, 0) is 17.1 Å². The van der Waals surface area contributed by atoms with Crippen LogP contribution in [0.4, 0.5) is 0 Å². The first-order valence-corrected chi connectivity index (χ1v) is 8.86. The highest BCUT2D eigenvalue weighted by Gasteiger charge is 2.12. The smallest absolute Gasteiger partial charge is 0.232 e. The maximum atomic E-state index is 12.3. The predicted molar refractivity (Wildman–Crippen MR) is 98.6 cm³/mol. The molecule has 0 saturated heterocycles. The Labute approximate surface area is 147 Å². The molecule has 2 rings (SSSR count). The number of rotatable bonds is 8. The van der Waals surface area contributed by atoms with Crippen LogP contribution in [0.1, 0.15) is 11.1 Å². The van der Waals surface area contributed by atoms with Crippen LogP contribution in [0.15, 0.2) is 48.5 Å². The lowest BCUT2D eigenvalue weighted by atomic mass is 10.2. The summed E-state index contributed by atoms with van der Waals surface area (Å²) in [7, 11) is 5.12. The number of amides is 1. The number of para-hydroxylation sites is 1. The van der Waals surface area contributed by atoms with Crippen molar-refractivity contribution in [2.24, 2.45) is 0 Å². The summed E-state index contributed by atoms with van der Waals surface area (Å²) in [6.45, 7) is 0.548. The van der Waals surface area contributed by atoms with Crippen LogP contribution in [0, 0.1) is 0 Å².